The molecule has 0 aliphatic heterocycles. The molecule has 146 valence electrons. The predicted molar refractivity (Wildman–Crippen MR) is 111 cm³/mol. The Hall–Kier alpha value is -1.80. The minimum absolute atomic E-state index is 0.0818. The molecule has 1 unspecified atom stereocenters. The number of nitrogens with one attached hydrogen (secondary N) is 2. The Morgan fingerprint density at radius 1 is 1.30 bits per heavy atom. The average Bonchev–Trinajstić information content (AvgIpc) is 3.11. The monoisotopic (exact) mass is 406 g/mol. The number of thioether (sulfide) groups is 1. The van der Waals surface area contributed by atoms with Gasteiger partial charge in [-0.2, -0.15) is 0 Å². The van der Waals surface area contributed by atoms with Gasteiger partial charge in [-0.15, -0.1) is 10.2 Å². The van der Waals surface area contributed by atoms with E-state index >= 15 is 0 Å². The summed E-state index contributed by atoms with van der Waals surface area (Å²) in [6.45, 7) is 4.47. The average molecular weight is 407 g/mol. The van der Waals surface area contributed by atoms with Crippen LogP contribution < -0.4 is 15.4 Å². The highest BCUT2D eigenvalue weighted by Crippen LogP contribution is 2.33. The number of hydrogen-bond donors (Lipinski definition) is 2. The lowest BCUT2D eigenvalue weighted by atomic mass is 9.95. The van der Waals surface area contributed by atoms with Crippen molar-refractivity contribution in [1.82, 2.24) is 15.5 Å². The van der Waals surface area contributed by atoms with Gasteiger partial charge in [-0.25, -0.2) is 0 Å². The van der Waals surface area contributed by atoms with Gasteiger partial charge in [0.2, 0.25) is 11.0 Å². The van der Waals surface area contributed by atoms with Gasteiger partial charge in [0.1, 0.15) is 5.75 Å². The molecule has 1 heterocycles. The van der Waals surface area contributed by atoms with E-state index in [-0.39, 0.29) is 11.2 Å². The third kappa shape index (κ3) is 5.84. The van der Waals surface area contributed by atoms with Crippen LogP contribution in [-0.4, -0.2) is 34.0 Å². The van der Waals surface area contributed by atoms with Gasteiger partial charge in [0, 0.05) is 6.04 Å². The van der Waals surface area contributed by atoms with Crippen molar-refractivity contribution < 1.29 is 9.53 Å². The van der Waals surface area contributed by atoms with E-state index in [2.05, 4.69) is 20.8 Å². The Morgan fingerprint density at radius 3 is 2.85 bits per heavy atom. The minimum Gasteiger partial charge on any atom is -0.492 e. The molecule has 0 saturated heterocycles. The number of nitrogens with zero attached hydrogens (tertiary/aromatic N) is 2. The fourth-order valence-electron chi connectivity index (χ4n) is 3.04. The highest BCUT2D eigenvalue weighted by atomic mass is 32.2. The normalized spacial score (nSPS) is 15.9. The smallest absolute Gasteiger partial charge is 0.233 e. The molecule has 0 spiro atoms. The largest absolute Gasteiger partial charge is 0.492 e. The second kappa shape index (κ2) is 9.94. The number of carbonyl (C=O) groups excluding carboxylic acids is 1. The molecule has 3 rings (SSSR count). The van der Waals surface area contributed by atoms with Crippen LogP contribution in [0.15, 0.2) is 28.6 Å². The Kier molecular flexibility index (Phi) is 7.34. The van der Waals surface area contributed by atoms with Crippen LogP contribution in [0.4, 0.5) is 10.8 Å². The van der Waals surface area contributed by atoms with E-state index < -0.39 is 0 Å². The topological polar surface area (TPSA) is 76.1 Å². The third-order valence-corrected chi connectivity index (χ3v) is 6.46. The summed E-state index contributed by atoms with van der Waals surface area (Å²) in [7, 11) is 0. The molecular weight excluding hydrogens is 380 g/mol. The number of ether oxygens (including phenoxy) is 1. The minimum atomic E-state index is -0.191. The maximum absolute atomic E-state index is 12.4. The first kappa shape index (κ1) is 19.9. The second-order valence-electron chi connectivity index (χ2n) is 6.53. The van der Waals surface area contributed by atoms with Gasteiger partial charge < -0.3 is 15.4 Å². The first-order valence-electron chi connectivity index (χ1n) is 9.45. The molecule has 1 aromatic carbocycles. The van der Waals surface area contributed by atoms with Crippen molar-refractivity contribution in [2.75, 3.05) is 11.9 Å². The third-order valence-electron chi connectivity index (χ3n) is 4.43. The molecule has 1 aromatic heterocycles. The van der Waals surface area contributed by atoms with E-state index in [0.29, 0.717) is 17.8 Å². The van der Waals surface area contributed by atoms with Crippen molar-refractivity contribution >= 4 is 39.8 Å². The predicted octanol–water partition coefficient (Wildman–Crippen LogP) is 4.61. The number of benzene rings is 1. The number of aromatic nitrogens is 2. The van der Waals surface area contributed by atoms with Crippen LogP contribution in [0.2, 0.25) is 0 Å². The molecule has 2 N–H and O–H groups in total. The molecule has 1 amide bonds. The van der Waals surface area contributed by atoms with E-state index in [0.717, 1.165) is 28.6 Å². The molecule has 8 heteroatoms. The first-order valence-corrected chi connectivity index (χ1v) is 11.1. The molecule has 1 saturated carbocycles. The second-order valence-corrected chi connectivity index (χ2v) is 9.10. The number of anilines is 2. The summed E-state index contributed by atoms with van der Waals surface area (Å²) in [6, 6.07) is 8.07. The zero-order valence-electron chi connectivity index (χ0n) is 15.7. The summed E-state index contributed by atoms with van der Waals surface area (Å²) in [6.07, 6.45) is 5.89. The van der Waals surface area contributed by atoms with E-state index in [1.165, 1.54) is 42.4 Å². The van der Waals surface area contributed by atoms with Gasteiger partial charge in [-0.3, -0.25) is 4.79 Å². The zero-order valence-corrected chi connectivity index (χ0v) is 17.4. The molecule has 1 aliphatic rings. The van der Waals surface area contributed by atoms with E-state index in [4.69, 9.17) is 4.74 Å². The molecule has 27 heavy (non-hydrogen) atoms. The Balaban J connectivity index is 1.55. The Morgan fingerprint density at radius 2 is 2.07 bits per heavy atom. The lowest BCUT2D eigenvalue weighted by Crippen LogP contribution is -2.40. The van der Waals surface area contributed by atoms with Gasteiger partial charge in [0.25, 0.3) is 0 Å². The van der Waals surface area contributed by atoms with Crippen LogP contribution >= 0.6 is 23.1 Å². The fraction of sp³-hybridized carbons (Fsp3) is 0.526. The number of rotatable bonds is 8. The van der Waals surface area contributed by atoms with Crippen molar-refractivity contribution in [2.45, 2.75) is 61.6 Å². The summed E-state index contributed by atoms with van der Waals surface area (Å²) in [5, 5.41) is 15.3. The van der Waals surface area contributed by atoms with E-state index in [9.17, 15) is 4.79 Å². The van der Waals surface area contributed by atoms with Crippen molar-refractivity contribution in [3.05, 3.63) is 24.3 Å². The Bertz CT molecular complexity index is 747. The standard InChI is InChI=1S/C19H26N4O2S2/c1-3-25-16-12-8-7-11-15(16)21-18-22-23-19(27-18)26-13(2)17(24)20-14-9-5-4-6-10-14/h7-8,11-14H,3-6,9-10H2,1-2H3,(H,20,24)(H,21,22). The maximum Gasteiger partial charge on any atom is 0.233 e. The van der Waals surface area contributed by atoms with Gasteiger partial charge in [0.15, 0.2) is 4.34 Å². The number of carbonyl (C=O) groups is 1. The van der Waals surface area contributed by atoms with Gasteiger partial charge >= 0.3 is 0 Å². The summed E-state index contributed by atoms with van der Waals surface area (Å²) < 4.78 is 6.40. The highest BCUT2D eigenvalue weighted by Gasteiger charge is 2.21. The lowest BCUT2D eigenvalue weighted by Gasteiger charge is -2.24. The van der Waals surface area contributed by atoms with Crippen molar-refractivity contribution in [2.24, 2.45) is 0 Å². The molecule has 6 nitrogen and oxygen atoms in total. The van der Waals surface area contributed by atoms with Crippen LogP contribution in [0.3, 0.4) is 0 Å². The molecule has 2 aromatic rings. The highest BCUT2D eigenvalue weighted by molar-refractivity contribution is 8.02. The molecule has 1 atom stereocenters. The van der Waals surface area contributed by atoms with Gasteiger partial charge in [0.05, 0.1) is 17.5 Å². The van der Waals surface area contributed by atoms with Crippen molar-refractivity contribution in [3.63, 3.8) is 0 Å². The maximum atomic E-state index is 12.4. The lowest BCUT2D eigenvalue weighted by molar-refractivity contribution is -0.121. The molecular formula is C19H26N4O2S2. The number of amides is 1. The summed E-state index contributed by atoms with van der Waals surface area (Å²) in [5.41, 5.74) is 0.857. The van der Waals surface area contributed by atoms with Crippen molar-refractivity contribution in [3.8, 4) is 5.75 Å². The van der Waals surface area contributed by atoms with Gasteiger partial charge in [-0.05, 0) is 38.8 Å². The SMILES string of the molecule is CCOc1ccccc1Nc1nnc(SC(C)C(=O)NC2CCCCC2)s1. The molecule has 1 fully saturated rings. The number of para-hydroxylation sites is 2. The quantitative estimate of drug-likeness (QED) is 0.624. The molecule has 1 aliphatic carbocycles. The summed E-state index contributed by atoms with van der Waals surface area (Å²) in [4.78, 5) is 12.4. The molecule has 0 bridgehead atoms. The number of hydrogen-bond acceptors (Lipinski definition) is 7. The van der Waals surface area contributed by atoms with Crippen LogP contribution in [-0.2, 0) is 4.79 Å². The fourth-order valence-corrected chi connectivity index (χ4v) is 4.96. The van der Waals surface area contributed by atoms with E-state index in [1.807, 2.05) is 38.1 Å². The summed E-state index contributed by atoms with van der Waals surface area (Å²) >= 11 is 2.89. The molecule has 0 radical (unpaired) electrons. The summed E-state index contributed by atoms with van der Waals surface area (Å²) in [5.74, 6) is 0.864. The van der Waals surface area contributed by atoms with Crippen LogP contribution in [0, 0.1) is 0 Å². The van der Waals surface area contributed by atoms with Crippen LogP contribution in [0.25, 0.3) is 0 Å². The van der Waals surface area contributed by atoms with Crippen molar-refractivity contribution in [1.29, 1.82) is 0 Å². The van der Waals surface area contributed by atoms with Crippen LogP contribution in [0.1, 0.15) is 46.0 Å². The zero-order chi connectivity index (χ0) is 19.1. The first-order chi connectivity index (χ1) is 13.2. The van der Waals surface area contributed by atoms with E-state index in [1.54, 1.807) is 0 Å². The van der Waals surface area contributed by atoms with Crippen LogP contribution in [0.5, 0.6) is 5.75 Å². The van der Waals surface area contributed by atoms with Gasteiger partial charge in [-0.1, -0.05) is 54.5 Å². The Labute approximate surface area is 168 Å².